The summed E-state index contributed by atoms with van der Waals surface area (Å²) in [6, 6.07) is 9.48. The van der Waals surface area contributed by atoms with E-state index in [-0.39, 0.29) is 5.91 Å². The molecule has 0 unspecified atom stereocenters. The molecule has 2 heterocycles. The van der Waals surface area contributed by atoms with Crippen molar-refractivity contribution in [3.63, 3.8) is 0 Å². The summed E-state index contributed by atoms with van der Waals surface area (Å²) >= 11 is 1.52. The van der Waals surface area contributed by atoms with Crippen LogP contribution in [0, 0.1) is 0 Å². The van der Waals surface area contributed by atoms with Crippen LogP contribution >= 0.6 is 11.3 Å². The number of amides is 1. The molecule has 0 atom stereocenters. The SMILES string of the molecule is CCCn1ccc(C(=O)NCc2nc(-c3ccc(OC)cc3)cs2)n1. The predicted octanol–water partition coefficient (Wildman–Crippen LogP) is 3.36. The van der Waals surface area contributed by atoms with Crippen molar-refractivity contribution >= 4 is 17.2 Å². The van der Waals surface area contributed by atoms with Gasteiger partial charge in [-0.15, -0.1) is 11.3 Å². The van der Waals surface area contributed by atoms with Gasteiger partial charge in [-0.25, -0.2) is 4.98 Å². The lowest BCUT2D eigenvalue weighted by Crippen LogP contribution is -2.23. The van der Waals surface area contributed by atoms with Crippen molar-refractivity contribution in [1.82, 2.24) is 20.1 Å². The monoisotopic (exact) mass is 356 g/mol. The van der Waals surface area contributed by atoms with E-state index in [0.29, 0.717) is 12.2 Å². The van der Waals surface area contributed by atoms with Crippen molar-refractivity contribution in [2.45, 2.75) is 26.4 Å². The number of ether oxygens (including phenoxy) is 1. The Labute approximate surface area is 150 Å². The molecule has 3 rings (SSSR count). The highest BCUT2D eigenvalue weighted by Gasteiger charge is 2.11. The van der Waals surface area contributed by atoms with E-state index < -0.39 is 0 Å². The Morgan fingerprint density at radius 1 is 1.28 bits per heavy atom. The molecule has 3 aromatic rings. The molecule has 2 aromatic heterocycles. The van der Waals surface area contributed by atoms with E-state index in [1.807, 2.05) is 35.8 Å². The predicted molar refractivity (Wildman–Crippen MR) is 97.8 cm³/mol. The van der Waals surface area contributed by atoms with Crippen LogP contribution in [0.1, 0.15) is 28.8 Å². The molecule has 0 bridgehead atoms. The zero-order chi connectivity index (χ0) is 17.6. The van der Waals surface area contributed by atoms with Gasteiger partial charge in [-0.2, -0.15) is 5.10 Å². The van der Waals surface area contributed by atoms with Gasteiger partial charge in [-0.05, 0) is 36.8 Å². The number of nitrogens with one attached hydrogen (secondary N) is 1. The summed E-state index contributed by atoms with van der Waals surface area (Å²) in [6.07, 6.45) is 2.81. The Bertz CT molecular complexity index is 839. The lowest BCUT2D eigenvalue weighted by molar-refractivity contribution is 0.0945. The summed E-state index contributed by atoms with van der Waals surface area (Å²) in [5, 5.41) is 9.96. The first-order chi connectivity index (χ1) is 12.2. The van der Waals surface area contributed by atoms with Crippen LogP contribution < -0.4 is 10.1 Å². The number of benzene rings is 1. The number of nitrogens with zero attached hydrogens (tertiary/aromatic N) is 3. The minimum Gasteiger partial charge on any atom is -0.497 e. The fourth-order valence-corrected chi connectivity index (χ4v) is 3.11. The van der Waals surface area contributed by atoms with Gasteiger partial charge in [0.1, 0.15) is 16.5 Å². The Hall–Kier alpha value is -2.67. The molecule has 1 amide bonds. The number of aryl methyl sites for hydroxylation is 1. The van der Waals surface area contributed by atoms with Crippen LogP contribution in [0.15, 0.2) is 41.9 Å². The maximum absolute atomic E-state index is 12.2. The smallest absolute Gasteiger partial charge is 0.272 e. The maximum Gasteiger partial charge on any atom is 0.272 e. The van der Waals surface area contributed by atoms with Gasteiger partial charge in [-0.1, -0.05) is 6.92 Å². The number of thiazole rings is 1. The third-order valence-electron chi connectivity index (χ3n) is 3.66. The molecule has 0 aliphatic carbocycles. The first-order valence-electron chi connectivity index (χ1n) is 8.10. The van der Waals surface area contributed by atoms with Crippen molar-refractivity contribution in [3.05, 3.63) is 52.6 Å². The normalized spacial score (nSPS) is 10.6. The minimum absolute atomic E-state index is 0.184. The summed E-state index contributed by atoms with van der Waals surface area (Å²) in [4.78, 5) is 16.7. The van der Waals surface area contributed by atoms with Gasteiger partial charge in [0.2, 0.25) is 0 Å². The summed E-state index contributed by atoms with van der Waals surface area (Å²) in [5.41, 5.74) is 2.34. The quantitative estimate of drug-likeness (QED) is 0.705. The van der Waals surface area contributed by atoms with Gasteiger partial charge < -0.3 is 10.1 Å². The molecular weight excluding hydrogens is 336 g/mol. The van der Waals surface area contributed by atoms with E-state index in [4.69, 9.17) is 4.74 Å². The Morgan fingerprint density at radius 2 is 2.08 bits per heavy atom. The molecule has 6 nitrogen and oxygen atoms in total. The summed E-state index contributed by atoms with van der Waals surface area (Å²) in [6.45, 7) is 3.27. The number of hydrogen-bond donors (Lipinski definition) is 1. The molecule has 1 aromatic carbocycles. The molecule has 0 aliphatic rings. The van der Waals surface area contributed by atoms with E-state index in [0.717, 1.165) is 35.0 Å². The zero-order valence-electron chi connectivity index (χ0n) is 14.2. The second-order valence-electron chi connectivity index (χ2n) is 5.50. The van der Waals surface area contributed by atoms with Crippen molar-refractivity contribution < 1.29 is 9.53 Å². The van der Waals surface area contributed by atoms with Gasteiger partial charge in [0, 0.05) is 23.7 Å². The Kier molecular flexibility index (Phi) is 5.45. The Balaban J connectivity index is 1.59. The molecular formula is C18H20N4O2S. The van der Waals surface area contributed by atoms with Crippen LogP contribution in [0.4, 0.5) is 0 Å². The average molecular weight is 356 g/mol. The van der Waals surface area contributed by atoms with Gasteiger partial charge >= 0.3 is 0 Å². The van der Waals surface area contributed by atoms with Crippen LogP contribution in [0.5, 0.6) is 5.75 Å². The number of carbonyl (C=O) groups is 1. The van der Waals surface area contributed by atoms with E-state index in [9.17, 15) is 4.79 Å². The summed E-state index contributed by atoms with van der Waals surface area (Å²) < 4.78 is 6.94. The lowest BCUT2D eigenvalue weighted by atomic mass is 10.2. The highest BCUT2D eigenvalue weighted by Crippen LogP contribution is 2.24. The average Bonchev–Trinajstić information content (AvgIpc) is 3.30. The van der Waals surface area contributed by atoms with Crippen LogP contribution in [-0.2, 0) is 13.1 Å². The molecule has 0 aliphatic heterocycles. The minimum atomic E-state index is -0.184. The molecule has 7 heteroatoms. The second-order valence-corrected chi connectivity index (χ2v) is 6.44. The fraction of sp³-hybridized carbons (Fsp3) is 0.278. The zero-order valence-corrected chi connectivity index (χ0v) is 15.0. The number of aromatic nitrogens is 3. The maximum atomic E-state index is 12.2. The van der Waals surface area contributed by atoms with Crippen LogP contribution in [-0.4, -0.2) is 27.8 Å². The second kappa shape index (κ2) is 7.94. The van der Waals surface area contributed by atoms with Gasteiger partial charge in [0.15, 0.2) is 0 Å². The van der Waals surface area contributed by atoms with Crippen molar-refractivity contribution in [2.24, 2.45) is 0 Å². The first kappa shape index (κ1) is 17.2. The van der Waals surface area contributed by atoms with E-state index in [1.54, 1.807) is 17.9 Å². The molecule has 0 saturated carbocycles. The molecule has 130 valence electrons. The molecule has 0 saturated heterocycles. The third-order valence-corrected chi connectivity index (χ3v) is 4.51. The Morgan fingerprint density at radius 3 is 2.80 bits per heavy atom. The van der Waals surface area contributed by atoms with Crippen molar-refractivity contribution in [3.8, 4) is 17.0 Å². The van der Waals surface area contributed by atoms with Gasteiger partial charge in [-0.3, -0.25) is 9.48 Å². The number of rotatable bonds is 7. The standard InChI is InChI=1S/C18H20N4O2S/c1-3-9-22-10-8-15(21-22)18(23)19-11-17-20-16(12-25-17)13-4-6-14(24-2)7-5-13/h4-8,10,12H,3,9,11H2,1-2H3,(H,19,23). The third kappa shape index (κ3) is 4.24. The number of carbonyl (C=O) groups excluding carboxylic acids is 1. The highest BCUT2D eigenvalue weighted by atomic mass is 32.1. The highest BCUT2D eigenvalue weighted by molar-refractivity contribution is 7.09. The first-order valence-corrected chi connectivity index (χ1v) is 8.98. The number of methoxy groups -OCH3 is 1. The summed E-state index contributed by atoms with van der Waals surface area (Å²) in [7, 11) is 1.64. The lowest BCUT2D eigenvalue weighted by Gasteiger charge is -2.01. The molecule has 0 fully saturated rings. The largest absolute Gasteiger partial charge is 0.497 e. The number of hydrogen-bond acceptors (Lipinski definition) is 5. The van der Waals surface area contributed by atoms with Crippen LogP contribution in [0.2, 0.25) is 0 Å². The molecule has 0 spiro atoms. The molecule has 25 heavy (non-hydrogen) atoms. The van der Waals surface area contributed by atoms with Crippen LogP contribution in [0.3, 0.4) is 0 Å². The van der Waals surface area contributed by atoms with E-state index in [1.165, 1.54) is 11.3 Å². The van der Waals surface area contributed by atoms with E-state index >= 15 is 0 Å². The van der Waals surface area contributed by atoms with Gasteiger partial charge in [0.25, 0.3) is 5.91 Å². The molecule has 1 N–H and O–H groups in total. The van der Waals surface area contributed by atoms with E-state index in [2.05, 4.69) is 22.3 Å². The van der Waals surface area contributed by atoms with Crippen LogP contribution in [0.25, 0.3) is 11.3 Å². The summed E-state index contributed by atoms with van der Waals surface area (Å²) in [5.74, 6) is 0.630. The fourth-order valence-electron chi connectivity index (χ4n) is 2.37. The van der Waals surface area contributed by atoms with Crippen molar-refractivity contribution in [2.75, 3.05) is 7.11 Å². The molecule has 0 radical (unpaired) electrons. The van der Waals surface area contributed by atoms with Gasteiger partial charge in [0.05, 0.1) is 19.3 Å². The van der Waals surface area contributed by atoms with Crippen molar-refractivity contribution in [1.29, 1.82) is 0 Å². The topological polar surface area (TPSA) is 69.0 Å².